The normalized spacial score (nSPS) is 18.0. The van der Waals surface area contributed by atoms with E-state index in [0.29, 0.717) is 19.5 Å². The van der Waals surface area contributed by atoms with Crippen LogP contribution in [0, 0.1) is 5.92 Å². The minimum atomic E-state index is -0.464. The van der Waals surface area contributed by atoms with Gasteiger partial charge in [0, 0.05) is 38.0 Å². The Morgan fingerprint density at radius 2 is 1.88 bits per heavy atom. The molecule has 0 aromatic rings. The van der Waals surface area contributed by atoms with Crippen molar-refractivity contribution >= 4 is 11.8 Å². The van der Waals surface area contributed by atoms with Gasteiger partial charge in [0.1, 0.15) is 0 Å². The van der Waals surface area contributed by atoms with Crippen LogP contribution >= 0.6 is 0 Å². The fourth-order valence-electron chi connectivity index (χ4n) is 2.10. The number of hydrogen-bond donors (Lipinski definition) is 2. The molecule has 1 rings (SSSR count). The number of nitrogens with two attached hydrogens (primary N) is 1. The van der Waals surface area contributed by atoms with Crippen LogP contribution in [-0.4, -0.2) is 42.4 Å². The van der Waals surface area contributed by atoms with E-state index in [1.54, 1.807) is 7.05 Å². The molecule has 0 aliphatic carbocycles. The molecule has 0 atom stereocenters. The Morgan fingerprint density at radius 1 is 1.35 bits per heavy atom. The summed E-state index contributed by atoms with van der Waals surface area (Å²) < 4.78 is 0. The zero-order valence-electron chi connectivity index (χ0n) is 11.0. The summed E-state index contributed by atoms with van der Waals surface area (Å²) in [6.07, 6.45) is 1.85. The zero-order valence-corrected chi connectivity index (χ0v) is 11.0. The van der Waals surface area contributed by atoms with Crippen LogP contribution in [0.15, 0.2) is 0 Å². The topological polar surface area (TPSA) is 75.4 Å². The first-order valence-electron chi connectivity index (χ1n) is 6.12. The van der Waals surface area contributed by atoms with Gasteiger partial charge in [-0.15, -0.1) is 0 Å². The Kier molecular flexibility index (Phi) is 4.51. The second-order valence-corrected chi connectivity index (χ2v) is 5.43. The Hall–Kier alpha value is -1.10. The highest BCUT2D eigenvalue weighted by molar-refractivity contribution is 5.80. The third kappa shape index (κ3) is 4.34. The maximum Gasteiger partial charge on any atom is 0.224 e. The van der Waals surface area contributed by atoms with Gasteiger partial charge in [0.05, 0.1) is 0 Å². The molecule has 0 radical (unpaired) electrons. The molecule has 98 valence electrons. The summed E-state index contributed by atoms with van der Waals surface area (Å²) in [7, 11) is 1.65. The molecule has 17 heavy (non-hydrogen) atoms. The van der Waals surface area contributed by atoms with E-state index in [1.807, 2.05) is 18.7 Å². The Bertz CT molecular complexity index is 289. The summed E-state index contributed by atoms with van der Waals surface area (Å²) in [6, 6.07) is 0. The average molecular weight is 241 g/mol. The van der Waals surface area contributed by atoms with E-state index in [1.165, 1.54) is 0 Å². The van der Waals surface area contributed by atoms with E-state index in [4.69, 9.17) is 5.73 Å². The number of nitrogens with one attached hydrogen (secondary N) is 1. The number of carbonyl (C=O) groups excluding carboxylic acids is 2. The molecule has 1 fully saturated rings. The molecule has 0 aromatic carbocycles. The lowest BCUT2D eigenvalue weighted by Crippen LogP contribution is -2.46. The molecule has 1 aliphatic rings. The number of carbonyl (C=O) groups is 2. The molecule has 1 saturated heterocycles. The largest absolute Gasteiger partial charge is 0.359 e. The van der Waals surface area contributed by atoms with Gasteiger partial charge in [0.25, 0.3) is 0 Å². The summed E-state index contributed by atoms with van der Waals surface area (Å²) in [5.74, 6) is 0.221. The Balaban J connectivity index is 2.42. The first-order valence-corrected chi connectivity index (χ1v) is 6.12. The van der Waals surface area contributed by atoms with Crippen molar-refractivity contribution in [3.8, 4) is 0 Å². The van der Waals surface area contributed by atoms with Crippen molar-refractivity contribution in [2.45, 2.75) is 38.6 Å². The Morgan fingerprint density at radius 3 is 2.29 bits per heavy atom. The van der Waals surface area contributed by atoms with Crippen molar-refractivity contribution in [2.24, 2.45) is 11.7 Å². The van der Waals surface area contributed by atoms with Crippen LogP contribution in [0.5, 0.6) is 0 Å². The van der Waals surface area contributed by atoms with Crippen LogP contribution in [0.4, 0.5) is 0 Å². The third-order valence-corrected chi connectivity index (χ3v) is 3.07. The van der Waals surface area contributed by atoms with E-state index in [2.05, 4.69) is 5.32 Å². The second-order valence-electron chi connectivity index (χ2n) is 5.43. The van der Waals surface area contributed by atoms with Crippen LogP contribution < -0.4 is 11.1 Å². The molecule has 1 aliphatic heterocycles. The lowest BCUT2D eigenvalue weighted by atomic mass is 9.94. The van der Waals surface area contributed by atoms with Crippen LogP contribution in [0.3, 0.4) is 0 Å². The standard InChI is InChI=1S/C12H23N3O2/c1-12(2,13)8-10(16)15-6-4-9(5-7-15)11(17)14-3/h9H,4-8,13H2,1-3H3,(H,14,17). The second kappa shape index (κ2) is 5.49. The van der Waals surface area contributed by atoms with Crippen molar-refractivity contribution in [1.29, 1.82) is 0 Å². The minimum absolute atomic E-state index is 0.0509. The average Bonchev–Trinajstić information content (AvgIpc) is 2.26. The Labute approximate surface area is 103 Å². The minimum Gasteiger partial charge on any atom is -0.359 e. The van der Waals surface area contributed by atoms with Crippen LogP contribution in [0.1, 0.15) is 33.1 Å². The van der Waals surface area contributed by atoms with Gasteiger partial charge in [0.2, 0.25) is 11.8 Å². The molecule has 0 spiro atoms. The van der Waals surface area contributed by atoms with E-state index < -0.39 is 5.54 Å². The van der Waals surface area contributed by atoms with Crippen LogP contribution in [0.2, 0.25) is 0 Å². The van der Waals surface area contributed by atoms with Gasteiger partial charge in [-0.3, -0.25) is 9.59 Å². The van der Waals surface area contributed by atoms with Gasteiger partial charge in [0.15, 0.2) is 0 Å². The van der Waals surface area contributed by atoms with E-state index in [-0.39, 0.29) is 17.7 Å². The molecular formula is C12H23N3O2. The van der Waals surface area contributed by atoms with Gasteiger partial charge in [-0.1, -0.05) is 0 Å². The fraction of sp³-hybridized carbons (Fsp3) is 0.833. The van der Waals surface area contributed by atoms with Crippen molar-refractivity contribution < 1.29 is 9.59 Å². The summed E-state index contributed by atoms with van der Waals surface area (Å²) in [5, 5.41) is 2.65. The number of nitrogens with zero attached hydrogens (tertiary/aromatic N) is 1. The molecule has 3 N–H and O–H groups in total. The van der Waals surface area contributed by atoms with E-state index in [0.717, 1.165) is 12.8 Å². The first-order chi connectivity index (χ1) is 7.83. The van der Waals surface area contributed by atoms with Gasteiger partial charge >= 0.3 is 0 Å². The summed E-state index contributed by atoms with van der Waals surface area (Å²) in [4.78, 5) is 25.2. The summed E-state index contributed by atoms with van der Waals surface area (Å²) in [6.45, 7) is 5.02. The molecule has 1 heterocycles. The van der Waals surface area contributed by atoms with Gasteiger partial charge in [-0.2, -0.15) is 0 Å². The van der Waals surface area contributed by atoms with Crippen molar-refractivity contribution in [3.63, 3.8) is 0 Å². The lowest BCUT2D eigenvalue weighted by molar-refractivity contribution is -0.136. The zero-order chi connectivity index (χ0) is 13.1. The number of hydrogen-bond acceptors (Lipinski definition) is 3. The third-order valence-electron chi connectivity index (χ3n) is 3.07. The smallest absolute Gasteiger partial charge is 0.224 e. The van der Waals surface area contributed by atoms with Crippen molar-refractivity contribution in [1.82, 2.24) is 10.2 Å². The van der Waals surface area contributed by atoms with Gasteiger partial charge in [-0.25, -0.2) is 0 Å². The van der Waals surface area contributed by atoms with Crippen LogP contribution in [0.25, 0.3) is 0 Å². The van der Waals surface area contributed by atoms with E-state index in [9.17, 15) is 9.59 Å². The number of rotatable bonds is 3. The molecule has 2 amide bonds. The highest BCUT2D eigenvalue weighted by Crippen LogP contribution is 2.19. The highest BCUT2D eigenvalue weighted by atomic mass is 16.2. The number of piperidine rings is 1. The number of amides is 2. The predicted molar refractivity (Wildman–Crippen MR) is 66.3 cm³/mol. The maximum atomic E-state index is 11.9. The van der Waals surface area contributed by atoms with Crippen molar-refractivity contribution in [3.05, 3.63) is 0 Å². The summed E-state index contributed by atoms with van der Waals surface area (Å²) >= 11 is 0. The molecular weight excluding hydrogens is 218 g/mol. The van der Waals surface area contributed by atoms with Gasteiger partial charge in [-0.05, 0) is 26.7 Å². The molecule has 0 bridgehead atoms. The molecule has 0 saturated carbocycles. The van der Waals surface area contributed by atoms with Gasteiger partial charge < -0.3 is 16.0 Å². The molecule has 5 nitrogen and oxygen atoms in total. The predicted octanol–water partition coefficient (Wildman–Crippen LogP) is 0.0984. The van der Waals surface area contributed by atoms with E-state index >= 15 is 0 Å². The molecule has 0 unspecified atom stereocenters. The lowest BCUT2D eigenvalue weighted by Gasteiger charge is -2.32. The van der Waals surface area contributed by atoms with Crippen LogP contribution in [-0.2, 0) is 9.59 Å². The SMILES string of the molecule is CNC(=O)C1CCN(C(=O)CC(C)(C)N)CC1. The molecule has 5 heteroatoms. The summed E-state index contributed by atoms with van der Waals surface area (Å²) in [5.41, 5.74) is 5.36. The van der Waals surface area contributed by atoms with Crippen molar-refractivity contribution in [2.75, 3.05) is 20.1 Å². The fourth-order valence-corrected chi connectivity index (χ4v) is 2.10. The monoisotopic (exact) mass is 241 g/mol. The number of likely N-dealkylation sites (tertiary alicyclic amines) is 1. The highest BCUT2D eigenvalue weighted by Gasteiger charge is 2.28. The molecule has 0 aromatic heterocycles. The maximum absolute atomic E-state index is 11.9. The first kappa shape index (κ1) is 14.0. The quantitative estimate of drug-likeness (QED) is 0.735.